The third-order valence-corrected chi connectivity index (χ3v) is 6.78. The largest absolute Gasteiger partial charge is 0.493 e. The average molecular weight is 349 g/mol. The summed E-state index contributed by atoms with van der Waals surface area (Å²) < 4.78 is 16.2. The Kier molecular flexibility index (Phi) is 2.58. The van der Waals surface area contributed by atoms with Gasteiger partial charge in [0.25, 0.3) is 0 Å². The highest BCUT2D eigenvalue weighted by molar-refractivity contribution is 6.18. The molecule has 5 aliphatic heterocycles. The van der Waals surface area contributed by atoms with Crippen LogP contribution in [0.25, 0.3) is 0 Å². The van der Waals surface area contributed by atoms with Gasteiger partial charge in [-0.25, -0.2) is 9.69 Å². The van der Waals surface area contributed by atoms with E-state index in [1.165, 1.54) is 7.11 Å². The van der Waals surface area contributed by atoms with Gasteiger partial charge in [0.05, 0.1) is 25.0 Å². The van der Waals surface area contributed by atoms with E-state index in [1.807, 2.05) is 4.90 Å². The van der Waals surface area contributed by atoms with Gasteiger partial charge < -0.3 is 19.9 Å². The van der Waals surface area contributed by atoms with Crippen LogP contribution in [0.2, 0.25) is 0 Å². The molecule has 6 rings (SSSR count). The van der Waals surface area contributed by atoms with E-state index in [9.17, 15) is 14.4 Å². The van der Waals surface area contributed by atoms with Crippen LogP contribution in [0.1, 0.15) is 6.92 Å². The predicted octanol–water partition coefficient (Wildman–Crippen LogP) is -1.18. The van der Waals surface area contributed by atoms with Crippen LogP contribution in [-0.2, 0) is 23.8 Å². The molecular formula is C16H19N3O6. The van der Waals surface area contributed by atoms with Crippen LogP contribution >= 0.6 is 0 Å². The fraction of sp³-hybridized carbons (Fsp3) is 0.688. The number of ketones is 2. The number of carbonyl (C=O) groups is 3. The van der Waals surface area contributed by atoms with E-state index in [1.54, 1.807) is 14.0 Å². The van der Waals surface area contributed by atoms with Crippen molar-refractivity contribution in [3.8, 4) is 0 Å². The van der Waals surface area contributed by atoms with Crippen molar-refractivity contribution in [3.63, 3.8) is 0 Å². The minimum atomic E-state index is -1.04. The van der Waals surface area contributed by atoms with Gasteiger partial charge in [0.1, 0.15) is 12.3 Å². The number of methoxy groups -OCH3 is 2. The highest BCUT2D eigenvalue weighted by atomic mass is 16.6. The number of ether oxygens (including phenoxy) is 3. The average Bonchev–Trinajstić information content (AvgIpc) is 2.88. The molecule has 9 heteroatoms. The van der Waals surface area contributed by atoms with Gasteiger partial charge in [-0.1, -0.05) is 0 Å². The number of rotatable bonds is 4. The first-order chi connectivity index (χ1) is 11.9. The van der Waals surface area contributed by atoms with Crippen molar-refractivity contribution in [1.82, 2.24) is 9.80 Å². The van der Waals surface area contributed by atoms with Crippen LogP contribution in [0, 0.1) is 11.8 Å². The highest BCUT2D eigenvalue weighted by Crippen LogP contribution is 2.75. The van der Waals surface area contributed by atoms with Gasteiger partial charge in [-0.3, -0.25) is 14.5 Å². The van der Waals surface area contributed by atoms with E-state index in [2.05, 4.69) is 4.90 Å². The zero-order valence-corrected chi connectivity index (χ0v) is 14.1. The lowest BCUT2D eigenvalue weighted by atomic mass is 9.70. The predicted molar refractivity (Wildman–Crippen MR) is 80.8 cm³/mol. The first-order valence-electron chi connectivity index (χ1n) is 8.26. The second kappa shape index (κ2) is 4.22. The lowest BCUT2D eigenvalue weighted by Crippen LogP contribution is -2.61. The number of primary amides is 1. The highest BCUT2D eigenvalue weighted by Gasteiger charge is 2.95. The number of amides is 1. The van der Waals surface area contributed by atoms with Crippen LogP contribution in [0.3, 0.4) is 0 Å². The van der Waals surface area contributed by atoms with Crippen LogP contribution in [0.4, 0.5) is 4.79 Å². The van der Waals surface area contributed by atoms with Gasteiger partial charge in [-0.2, -0.15) is 0 Å². The Morgan fingerprint density at radius 2 is 2.08 bits per heavy atom. The summed E-state index contributed by atoms with van der Waals surface area (Å²) in [5.41, 5.74) is 3.61. The van der Waals surface area contributed by atoms with Crippen molar-refractivity contribution in [2.45, 2.75) is 30.4 Å². The molecule has 5 fully saturated rings. The summed E-state index contributed by atoms with van der Waals surface area (Å²) in [4.78, 5) is 41.8. The third-order valence-electron chi connectivity index (χ3n) is 6.78. The monoisotopic (exact) mass is 349 g/mol. The lowest BCUT2D eigenvalue weighted by Gasteiger charge is -2.41. The molecule has 0 aromatic rings. The number of piperazine rings is 1. The number of Topliss-reactive ketones (excluding diaryl/α,β-unsaturated/α-hetero) is 2. The molecule has 1 spiro atoms. The third kappa shape index (κ3) is 1.25. The first kappa shape index (κ1) is 15.3. The molecule has 0 aromatic heterocycles. The summed E-state index contributed by atoms with van der Waals surface area (Å²) >= 11 is 0. The Morgan fingerprint density at radius 1 is 1.36 bits per heavy atom. The molecule has 8 atom stereocenters. The number of carbonyl (C=O) groups excluding carboxylic acids is 3. The quantitative estimate of drug-likeness (QED) is 0.632. The van der Waals surface area contributed by atoms with Crippen molar-refractivity contribution in [3.05, 3.63) is 11.3 Å². The van der Waals surface area contributed by atoms with Gasteiger partial charge in [0, 0.05) is 25.3 Å². The molecule has 0 aromatic carbocycles. The Bertz CT molecular complexity index is 780. The van der Waals surface area contributed by atoms with E-state index in [0.717, 1.165) is 0 Å². The van der Waals surface area contributed by atoms with E-state index < -0.39 is 29.3 Å². The van der Waals surface area contributed by atoms with E-state index >= 15 is 0 Å². The molecule has 5 saturated heterocycles. The van der Waals surface area contributed by atoms with Crippen LogP contribution in [0.15, 0.2) is 11.3 Å². The smallest absolute Gasteiger partial charge is 0.404 e. The second-order valence-corrected chi connectivity index (χ2v) is 7.28. The van der Waals surface area contributed by atoms with Gasteiger partial charge in [-0.15, -0.1) is 0 Å². The Labute approximate surface area is 143 Å². The lowest BCUT2D eigenvalue weighted by molar-refractivity contribution is -0.143. The molecule has 25 heavy (non-hydrogen) atoms. The molecule has 0 saturated carbocycles. The molecule has 9 nitrogen and oxygen atoms in total. The number of hydrogen-bond acceptors (Lipinski definition) is 8. The van der Waals surface area contributed by atoms with Gasteiger partial charge in [-0.05, 0) is 6.92 Å². The van der Waals surface area contributed by atoms with E-state index in [4.69, 9.17) is 19.9 Å². The van der Waals surface area contributed by atoms with Crippen LogP contribution in [-0.4, -0.2) is 78.3 Å². The number of piperidine rings is 1. The molecule has 0 radical (unpaired) electrons. The van der Waals surface area contributed by atoms with Crippen molar-refractivity contribution in [2.75, 3.05) is 27.4 Å². The summed E-state index contributed by atoms with van der Waals surface area (Å²) in [7, 11) is 2.96. The fourth-order valence-corrected chi connectivity index (χ4v) is 6.18. The van der Waals surface area contributed by atoms with Crippen molar-refractivity contribution < 1.29 is 28.6 Å². The van der Waals surface area contributed by atoms with E-state index in [-0.39, 0.29) is 36.0 Å². The fourth-order valence-electron chi connectivity index (χ4n) is 6.18. The molecule has 6 bridgehead atoms. The molecule has 134 valence electrons. The SMILES string of the molecule is COC1=C(C)C(=O)[C@]23[C@H](C1=O)[C@@H](COC(N)=O)[C@@]1(OC)[C@@H]4[C@H](CN12)N43. The normalized spacial score (nSPS) is 51.0. The molecule has 1 aliphatic carbocycles. The van der Waals surface area contributed by atoms with Crippen LogP contribution < -0.4 is 5.73 Å². The molecule has 1 amide bonds. The van der Waals surface area contributed by atoms with Crippen LogP contribution in [0.5, 0.6) is 0 Å². The molecule has 2 unspecified atom stereocenters. The summed E-state index contributed by atoms with van der Waals surface area (Å²) in [5.74, 6) is -1.47. The van der Waals surface area contributed by atoms with Crippen molar-refractivity contribution in [2.24, 2.45) is 17.6 Å². The topological polar surface area (TPSA) is 111 Å². The van der Waals surface area contributed by atoms with E-state index in [0.29, 0.717) is 12.1 Å². The maximum absolute atomic E-state index is 13.4. The number of nitrogens with two attached hydrogens (primary N) is 1. The zero-order valence-electron chi connectivity index (χ0n) is 14.1. The summed E-state index contributed by atoms with van der Waals surface area (Å²) in [5, 5.41) is 0. The van der Waals surface area contributed by atoms with Gasteiger partial charge >= 0.3 is 6.09 Å². The number of nitrogens with zero attached hydrogens (tertiary/aromatic N) is 2. The Morgan fingerprint density at radius 3 is 2.64 bits per heavy atom. The molecular weight excluding hydrogens is 330 g/mol. The second-order valence-electron chi connectivity index (χ2n) is 7.28. The maximum Gasteiger partial charge on any atom is 0.404 e. The number of allylic oxidation sites excluding steroid dienone is 1. The summed E-state index contributed by atoms with van der Waals surface area (Å²) in [6.45, 7) is 2.22. The minimum absolute atomic E-state index is 0.0314. The van der Waals surface area contributed by atoms with Crippen molar-refractivity contribution >= 4 is 17.7 Å². The molecule has 5 heterocycles. The van der Waals surface area contributed by atoms with Gasteiger partial charge in [0.2, 0.25) is 5.78 Å². The zero-order chi connectivity index (χ0) is 17.9. The Hall–Kier alpha value is -1.97. The van der Waals surface area contributed by atoms with Crippen molar-refractivity contribution in [1.29, 1.82) is 0 Å². The maximum atomic E-state index is 13.4. The minimum Gasteiger partial charge on any atom is -0.493 e. The Balaban J connectivity index is 1.70. The van der Waals surface area contributed by atoms with Gasteiger partial charge in [0.15, 0.2) is 17.2 Å². The molecule has 2 N–H and O–H groups in total. The standard InChI is InChI=1S/C16H19N3O6/c1-6-11(23-2)10(20)9-7(5-25-14(17)22)16(24-3)12-8-4-18(16)15(9,13(6)21)19(8)12/h7-9,12H,4-5H2,1-3H3,(H2,17,22)/t7-,8+,9+,12+,15-,16-,19?/m1/s1. The number of hydrogen-bond donors (Lipinski definition) is 1. The summed E-state index contributed by atoms with van der Waals surface area (Å²) in [6.07, 6.45) is -0.911. The first-order valence-corrected chi connectivity index (χ1v) is 8.26. The molecule has 6 aliphatic rings. The summed E-state index contributed by atoms with van der Waals surface area (Å²) in [6, 6.07) is 0.221.